The standard InChI is InChI=1S/C15H16O3/c1-15(2,3)8-9-7-12(17)13-10(14(9)18)5-4-6-11(13)16/h4-7,16H,8H2,1-3H3. The highest BCUT2D eigenvalue weighted by Gasteiger charge is 2.29. The van der Waals surface area contributed by atoms with Crippen molar-refractivity contribution in [3.8, 4) is 5.75 Å². The van der Waals surface area contributed by atoms with Crippen molar-refractivity contribution < 1.29 is 14.7 Å². The Kier molecular flexibility index (Phi) is 2.85. The van der Waals surface area contributed by atoms with Crippen LogP contribution in [0.15, 0.2) is 29.8 Å². The molecule has 1 aliphatic rings. The predicted molar refractivity (Wildman–Crippen MR) is 68.9 cm³/mol. The molecule has 0 aromatic heterocycles. The molecule has 2 rings (SSSR count). The maximum absolute atomic E-state index is 12.3. The van der Waals surface area contributed by atoms with Crippen molar-refractivity contribution >= 4 is 11.6 Å². The Balaban J connectivity index is 2.48. The Morgan fingerprint density at radius 2 is 1.83 bits per heavy atom. The first-order chi connectivity index (χ1) is 8.29. The number of hydrogen-bond acceptors (Lipinski definition) is 3. The van der Waals surface area contributed by atoms with Crippen molar-refractivity contribution in [2.45, 2.75) is 27.2 Å². The van der Waals surface area contributed by atoms with E-state index in [9.17, 15) is 14.7 Å². The van der Waals surface area contributed by atoms with E-state index >= 15 is 0 Å². The van der Waals surface area contributed by atoms with Gasteiger partial charge in [-0.05, 0) is 24.0 Å². The molecule has 0 saturated heterocycles. The van der Waals surface area contributed by atoms with Gasteiger partial charge in [-0.25, -0.2) is 0 Å². The van der Waals surface area contributed by atoms with Crippen LogP contribution in [0.4, 0.5) is 0 Å². The highest BCUT2D eigenvalue weighted by Crippen LogP contribution is 2.33. The summed E-state index contributed by atoms with van der Waals surface area (Å²) in [6, 6.07) is 4.59. The summed E-state index contributed by atoms with van der Waals surface area (Å²) in [6.07, 6.45) is 1.91. The number of carbonyl (C=O) groups is 2. The number of hydrogen-bond donors (Lipinski definition) is 1. The minimum absolute atomic E-state index is 0.0594. The van der Waals surface area contributed by atoms with Gasteiger partial charge in [-0.15, -0.1) is 0 Å². The second-order valence-electron chi connectivity index (χ2n) is 5.80. The van der Waals surface area contributed by atoms with Crippen molar-refractivity contribution in [3.63, 3.8) is 0 Å². The highest BCUT2D eigenvalue weighted by molar-refractivity contribution is 6.25. The zero-order valence-corrected chi connectivity index (χ0v) is 10.8. The monoisotopic (exact) mass is 244 g/mol. The van der Waals surface area contributed by atoms with Crippen LogP contribution in [0, 0.1) is 5.41 Å². The molecule has 0 saturated carbocycles. The van der Waals surface area contributed by atoms with Gasteiger partial charge in [0, 0.05) is 11.1 Å². The van der Waals surface area contributed by atoms with Crippen LogP contribution in [0.25, 0.3) is 0 Å². The van der Waals surface area contributed by atoms with E-state index in [-0.39, 0.29) is 28.3 Å². The number of rotatable bonds is 1. The summed E-state index contributed by atoms with van der Waals surface area (Å²) in [5, 5.41) is 9.66. The fourth-order valence-electron chi connectivity index (χ4n) is 2.16. The Bertz CT molecular complexity index is 560. The maximum atomic E-state index is 12.3. The van der Waals surface area contributed by atoms with Gasteiger partial charge in [0.25, 0.3) is 0 Å². The zero-order chi connectivity index (χ0) is 13.5. The van der Waals surface area contributed by atoms with Gasteiger partial charge in [-0.2, -0.15) is 0 Å². The van der Waals surface area contributed by atoms with Gasteiger partial charge in [0.15, 0.2) is 11.6 Å². The molecule has 94 valence electrons. The molecule has 0 fully saturated rings. The first kappa shape index (κ1) is 12.6. The smallest absolute Gasteiger partial charge is 0.190 e. The predicted octanol–water partition coefficient (Wildman–Crippen LogP) is 3.13. The van der Waals surface area contributed by atoms with Crippen LogP contribution >= 0.6 is 0 Å². The van der Waals surface area contributed by atoms with Crippen LogP contribution < -0.4 is 0 Å². The van der Waals surface area contributed by atoms with E-state index in [1.165, 1.54) is 12.1 Å². The highest BCUT2D eigenvalue weighted by atomic mass is 16.3. The van der Waals surface area contributed by atoms with Crippen LogP contribution in [0.5, 0.6) is 5.75 Å². The molecule has 1 aromatic rings. The summed E-state index contributed by atoms with van der Waals surface area (Å²) in [7, 11) is 0. The van der Waals surface area contributed by atoms with Gasteiger partial charge < -0.3 is 5.11 Å². The van der Waals surface area contributed by atoms with Gasteiger partial charge in [0.2, 0.25) is 0 Å². The zero-order valence-electron chi connectivity index (χ0n) is 10.8. The van der Waals surface area contributed by atoms with Crippen molar-refractivity contribution in [2.75, 3.05) is 0 Å². The molecule has 0 heterocycles. The van der Waals surface area contributed by atoms with E-state index < -0.39 is 0 Å². The minimum Gasteiger partial charge on any atom is -0.507 e. The average Bonchev–Trinajstić information content (AvgIpc) is 2.23. The van der Waals surface area contributed by atoms with Crippen LogP contribution in [0.1, 0.15) is 47.9 Å². The van der Waals surface area contributed by atoms with Crippen LogP contribution in [-0.2, 0) is 0 Å². The Hall–Kier alpha value is -1.90. The first-order valence-corrected chi connectivity index (χ1v) is 5.91. The molecule has 18 heavy (non-hydrogen) atoms. The summed E-state index contributed by atoms with van der Waals surface area (Å²) < 4.78 is 0. The van der Waals surface area contributed by atoms with Crippen molar-refractivity contribution in [1.82, 2.24) is 0 Å². The van der Waals surface area contributed by atoms with Gasteiger partial charge in [-0.3, -0.25) is 9.59 Å². The number of ketones is 2. The van der Waals surface area contributed by atoms with E-state index in [4.69, 9.17) is 0 Å². The summed E-state index contributed by atoms with van der Waals surface area (Å²) in [4.78, 5) is 24.2. The maximum Gasteiger partial charge on any atom is 0.190 e. The molecule has 1 aliphatic carbocycles. The largest absolute Gasteiger partial charge is 0.507 e. The first-order valence-electron chi connectivity index (χ1n) is 5.91. The summed E-state index contributed by atoms with van der Waals surface area (Å²) in [6.45, 7) is 6.05. The van der Waals surface area contributed by atoms with Gasteiger partial charge in [0.1, 0.15) is 5.75 Å². The number of aromatic hydroxyl groups is 1. The third kappa shape index (κ3) is 2.21. The molecule has 3 nitrogen and oxygen atoms in total. The third-order valence-corrected chi connectivity index (χ3v) is 2.85. The number of Topliss-reactive ketones (excluding diaryl/α,β-unsaturated/α-hetero) is 1. The van der Waals surface area contributed by atoms with Crippen LogP contribution in [-0.4, -0.2) is 16.7 Å². The van der Waals surface area contributed by atoms with E-state index in [0.29, 0.717) is 17.6 Å². The van der Waals surface area contributed by atoms with Crippen LogP contribution in [0.3, 0.4) is 0 Å². The molecule has 0 unspecified atom stereocenters. The van der Waals surface area contributed by atoms with Crippen LogP contribution in [0.2, 0.25) is 0 Å². The van der Waals surface area contributed by atoms with E-state index in [1.807, 2.05) is 20.8 Å². The molecule has 0 bridgehead atoms. The topological polar surface area (TPSA) is 54.4 Å². The van der Waals surface area contributed by atoms with E-state index in [1.54, 1.807) is 12.1 Å². The number of phenolic OH excluding ortho intramolecular Hbond substituents is 1. The fourth-order valence-corrected chi connectivity index (χ4v) is 2.16. The van der Waals surface area contributed by atoms with Gasteiger partial charge in [-0.1, -0.05) is 32.9 Å². The lowest BCUT2D eigenvalue weighted by atomic mass is 9.80. The molecular formula is C15H16O3. The lowest BCUT2D eigenvalue weighted by Gasteiger charge is -2.22. The lowest BCUT2D eigenvalue weighted by Crippen LogP contribution is -2.20. The molecule has 0 spiro atoms. The van der Waals surface area contributed by atoms with Gasteiger partial charge in [0.05, 0.1) is 5.56 Å². The molecule has 0 amide bonds. The number of benzene rings is 1. The molecule has 0 atom stereocenters. The molecule has 3 heteroatoms. The van der Waals surface area contributed by atoms with E-state index in [2.05, 4.69) is 0 Å². The second-order valence-corrected chi connectivity index (χ2v) is 5.80. The van der Waals surface area contributed by atoms with Crippen molar-refractivity contribution in [3.05, 3.63) is 41.0 Å². The Morgan fingerprint density at radius 1 is 1.17 bits per heavy atom. The second kappa shape index (κ2) is 4.09. The summed E-state index contributed by atoms with van der Waals surface area (Å²) in [5.74, 6) is -0.575. The molecule has 0 aliphatic heterocycles. The normalized spacial score (nSPS) is 15.4. The number of fused-ring (bicyclic) bond motifs is 1. The molecule has 1 aromatic carbocycles. The molecule has 0 radical (unpaired) electrons. The number of carbonyl (C=O) groups excluding carboxylic acids is 2. The van der Waals surface area contributed by atoms with E-state index in [0.717, 1.165) is 0 Å². The molecular weight excluding hydrogens is 228 g/mol. The summed E-state index contributed by atoms with van der Waals surface area (Å²) in [5.41, 5.74) is 0.892. The Labute approximate surface area is 106 Å². The summed E-state index contributed by atoms with van der Waals surface area (Å²) >= 11 is 0. The van der Waals surface area contributed by atoms with Gasteiger partial charge >= 0.3 is 0 Å². The van der Waals surface area contributed by atoms with Crippen molar-refractivity contribution in [2.24, 2.45) is 5.41 Å². The number of allylic oxidation sites excluding steroid dienone is 2. The SMILES string of the molecule is CC(C)(C)CC1=CC(=O)c2c(O)cccc2C1=O. The Morgan fingerprint density at radius 3 is 2.44 bits per heavy atom. The third-order valence-electron chi connectivity index (χ3n) is 2.85. The fraction of sp³-hybridized carbons (Fsp3) is 0.333. The molecule has 1 N–H and O–H groups in total. The average molecular weight is 244 g/mol. The minimum atomic E-state index is -0.290. The lowest BCUT2D eigenvalue weighted by molar-refractivity contribution is 0.0974. The quantitative estimate of drug-likeness (QED) is 0.825. The number of phenols is 1. The van der Waals surface area contributed by atoms with Crippen molar-refractivity contribution in [1.29, 1.82) is 0 Å².